The van der Waals surface area contributed by atoms with E-state index in [2.05, 4.69) is 0 Å². The van der Waals surface area contributed by atoms with Gasteiger partial charge < -0.3 is 15.7 Å². The van der Waals surface area contributed by atoms with Crippen LogP contribution in [-0.4, -0.2) is 23.8 Å². The number of hydrogen-bond acceptors (Lipinski definition) is 3. The summed E-state index contributed by atoms with van der Waals surface area (Å²) >= 11 is 0. The van der Waals surface area contributed by atoms with Crippen LogP contribution in [0.4, 0.5) is 18.9 Å². The van der Waals surface area contributed by atoms with Crippen LogP contribution in [0.5, 0.6) is 0 Å². The van der Waals surface area contributed by atoms with Gasteiger partial charge in [0.1, 0.15) is 0 Å². The van der Waals surface area contributed by atoms with Crippen LogP contribution in [0.3, 0.4) is 0 Å². The van der Waals surface area contributed by atoms with E-state index in [1.165, 1.54) is 12.1 Å². The van der Waals surface area contributed by atoms with E-state index in [-0.39, 0.29) is 12.1 Å². The zero-order chi connectivity index (χ0) is 15.0. The van der Waals surface area contributed by atoms with E-state index in [1.54, 1.807) is 6.92 Å². The molecule has 20 heavy (non-hydrogen) atoms. The number of nitrogens with zero attached hydrogens (tertiary/aromatic N) is 1. The normalized spacial score (nSPS) is 19.2. The van der Waals surface area contributed by atoms with Crippen LogP contribution in [0, 0.1) is 0 Å². The van der Waals surface area contributed by atoms with Crippen LogP contribution in [0.15, 0.2) is 18.2 Å². The number of halogens is 3. The van der Waals surface area contributed by atoms with E-state index < -0.39 is 17.3 Å². The van der Waals surface area contributed by atoms with Crippen molar-refractivity contribution in [3.63, 3.8) is 0 Å². The molecule has 0 unspecified atom stereocenters. The van der Waals surface area contributed by atoms with Crippen LogP contribution in [0.25, 0.3) is 0 Å². The highest BCUT2D eigenvalue weighted by Gasteiger charge is 2.33. The predicted octanol–water partition coefficient (Wildman–Crippen LogP) is 2.52. The minimum Gasteiger partial charge on any atom is -0.390 e. The second-order valence-corrected chi connectivity index (χ2v) is 5.53. The smallest absolute Gasteiger partial charge is 0.390 e. The molecule has 1 heterocycles. The van der Waals surface area contributed by atoms with Gasteiger partial charge in [-0.15, -0.1) is 0 Å². The maximum absolute atomic E-state index is 12.8. The topological polar surface area (TPSA) is 49.5 Å². The fourth-order valence-corrected chi connectivity index (χ4v) is 2.47. The first-order valence-corrected chi connectivity index (χ1v) is 6.60. The minimum absolute atomic E-state index is 0.104. The summed E-state index contributed by atoms with van der Waals surface area (Å²) in [6.45, 7) is 2.89. The molecule has 0 radical (unpaired) electrons. The Labute approximate surface area is 116 Å². The monoisotopic (exact) mass is 288 g/mol. The maximum atomic E-state index is 12.8. The molecule has 1 aromatic carbocycles. The Morgan fingerprint density at radius 2 is 1.90 bits per heavy atom. The van der Waals surface area contributed by atoms with Gasteiger partial charge in [-0.25, -0.2) is 0 Å². The molecule has 1 aliphatic heterocycles. The zero-order valence-electron chi connectivity index (χ0n) is 11.4. The lowest BCUT2D eigenvalue weighted by Gasteiger charge is -2.37. The molecule has 0 atom stereocenters. The zero-order valence-corrected chi connectivity index (χ0v) is 11.4. The number of aliphatic hydroxyl groups is 1. The number of benzene rings is 1. The van der Waals surface area contributed by atoms with Crippen molar-refractivity contribution in [3.8, 4) is 0 Å². The molecule has 0 aromatic heterocycles. The van der Waals surface area contributed by atoms with Crippen molar-refractivity contribution < 1.29 is 18.3 Å². The third-order valence-electron chi connectivity index (χ3n) is 3.82. The summed E-state index contributed by atoms with van der Waals surface area (Å²) in [6.07, 6.45) is -3.17. The first-order valence-electron chi connectivity index (χ1n) is 6.60. The van der Waals surface area contributed by atoms with E-state index in [1.807, 2.05) is 4.90 Å². The lowest BCUT2D eigenvalue weighted by Crippen LogP contribution is -2.42. The fourth-order valence-electron chi connectivity index (χ4n) is 2.47. The van der Waals surface area contributed by atoms with E-state index in [0.29, 0.717) is 25.9 Å². The number of hydrogen-bond donors (Lipinski definition) is 2. The Morgan fingerprint density at radius 1 is 1.30 bits per heavy atom. The number of rotatable bonds is 2. The van der Waals surface area contributed by atoms with Gasteiger partial charge in [0, 0.05) is 25.3 Å². The molecule has 3 nitrogen and oxygen atoms in total. The highest BCUT2D eigenvalue weighted by atomic mass is 19.4. The quantitative estimate of drug-likeness (QED) is 0.879. The number of anilines is 1. The van der Waals surface area contributed by atoms with Crippen molar-refractivity contribution in [2.24, 2.45) is 5.73 Å². The predicted molar refractivity (Wildman–Crippen MR) is 71.4 cm³/mol. The molecule has 1 fully saturated rings. The Kier molecular flexibility index (Phi) is 3.97. The van der Waals surface area contributed by atoms with Gasteiger partial charge in [-0.3, -0.25) is 0 Å². The van der Waals surface area contributed by atoms with Gasteiger partial charge in [0.25, 0.3) is 0 Å². The summed E-state index contributed by atoms with van der Waals surface area (Å²) in [4.78, 5) is 1.98. The van der Waals surface area contributed by atoms with E-state index >= 15 is 0 Å². The van der Waals surface area contributed by atoms with Gasteiger partial charge >= 0.3 is 6.18 Å². The second-order valence-electron chi connectivity index (χ2n) is 5.53. The molecule has 1 aromatic rings. The maximum Gasteiger partial charge on any atom is 0.416 e. The molecule has 1 aliphatic rings. The van der Waals surface area contributed by atoms with Crippen molar-refractivity contribution in [3.05, 3.63) is 29.3 Å². The summed E-state index contributed by atoms with van der Waals surface area (Å²) in [5, 5.41) is 9.90. The van der Waals surface area contributed by atoms with Gasteiger partial charge in [-0.1, -0.05) is 0 Å². The van der Waals surface area contributed by atoms with Crippen LogP contribution in [-0.2, 0) is 12.7 Å². The minimum atomic E-state index is -4.38. The standard InChI is InChI=1S/C14H19F3N2O/c1-13(20)4-6-19(7-5-13)11-2-3-12(14(15,16)17)10(8-11)9-18/h2-3,8,20H,4-7,9,18H2,1H3. The lowest BCUT2D eigenvalue weighted by molar-refractivity contribution is -0.138. The Hall–Kier alpha value is -1.27. The van der Waals surface area contributed by atoms with E-state index in [9.17, 15) is 18.3 Å². The molecule has 112 valence electrons. The van der Waals surface area contributed by atoms with Gasteiger partial charge in [-0.05, 0) is 43.5 Å². The second kappa shape index (κ2) is 5.26. The Morgan fingerprint density at radius 3 is 2.40 bits per heavy atom. The summed E-state index contributed by atoms with van der Waals surface area (Å²) in [5.41, 5.74) is 4.91. The van der Waals surface area contributed by atoms with E-state index in [4.69, 9.17) is 5.73 Å². The summed E-state index contributed by atoms with van der Waals surface area (Å²) in [6, 6.07) is 4.06. The van der Waals surface area contributed by atoms with Gasteiger partial charge in [0.05, 0.1) is 11.2 Å². The van der Waals surface area contributed by atoms with Crippen molar-refractivity contribution in [1.82, 2.24) is 0 Å². The molecular weight excluding hydrogens is 269 g/mol. The average molecular weight is 288 g/mol. The van der Waals surface area contributed by atoms with Crippen LogP contribution < -0.4 is 10.6 Å². The number of alkyl halides is 3. The van der Waals surface area contributed by atoms with Crippen molar-refractivity contribution in [1.29, 1.82) is 0 Å². The summed E-state index contributed by atoms with van der Waals surface area (Å²) in [5.74, 6) is 0. The number of piperidine rings is 1. The van der Waals surface area contributed by atoms with Crippen molar-refractivity contribution >= 4 is 5.69 Å². The van der Waals surface area contributed by atoms with Gasteiger partial charge in [0.15, 0.2) is 0 Å². The van der Waals surface area contributed by atoms with Crippen LogP contribution in [0.2, 0.25) is 0 Å². The molecule has 3 N–H and O–H groups in total. The summed E-state index contributed by atoms with van der Waals surface area (Å²) in [7, 11) is 0. The number of nitrogens with two attached hydrogens (primary N) is 1. The molecule has 2 rings (SSSR count). The molecule has 6 heteroatoms. The van der Waals surface area contributed by atoms with E-state index in [0.717, 1.165) is 11.8 Å². The Balaban J connectivity index is 2.23. The first-order chi connectivity index (χ1) is 9.23. The molecule has 0 amide bonds. The molecular formula is C14H19F3N2O. The van der Waals surface area contributed by atoms with Crippen molar-refractivity contribution in [2.45, 2.75) is 38.1 Å². The SMILES string of the molecule is CC1(O)CCN(c2ccc(C(F)(F)F)c(CN)c2)CC1. The average Bonchev–Trinajstić information content (AvgIpc) is 2.37. The van der Waals surface area contributed by atoms with Crippen LogP contribution in [0.1, 0.15) is 30.9 Å². The first kappa shape index (κ1) is 15.1. The summed E-state index contributed by atoms with van der Waals surface area (Å²) < 4.78 is 38.4. The Bertz CT molecular complexity index is 476. The van der Waals surface area contributed by atoms with Crippen molar-refractivity contribution in [2.75, 3.05) is 18.0 Å². The third-order valence-corrected chi connectivity index (χ3v) is 3.82. The van der Waals surface area contributed by atoms with Gasteiger partial charge in [0.2, 0.25) is 0 Å². The molecule has 0 bridgehead atoms. The third kappa shape index (κ3) is 3.24. The van der Waals surface area contributed by atoms with Gasteiger partial charge in [-0.2, -0.15) is 13.2 Å². The lowest BCUT2D eigenvalue weighted by atomic mass is 9.93. The fraction of sp³-hybridized carbons (Fsp3) is 0.571. The van der Waals surface area contributed by atoms with Crippen LogP contribution >= 0.6 is 0 Å². The molecule has 0 aliphatic carbocycles. The highest BCUT2D eigenvalue weighted by molar-refractivity contribution is 5.52. The molecule has 0 saturated carbocycles. The molecule has 0 spiro atoms. The molecule has 1 saturated heterocycles. The highest BCUT2D eigenvalue weighted by Crippen LogP contribution is 2.35. The largest absolute Gasteiger partial charge is 0.416 e.